The third kappa shape index (κ3) is 5.50. The van der Waals surface area contributed by atoms with Crippen molar-refractivity contribution in [2.45, 2.75) is 38.0 Å². The second-order valence-corrected chi connectivity index (χ2v) is 3.06. The van der Waals surface area contributed by atoms with E-state index in [0.29, 0.717) is 0 Å². The highest BCUT2D eigenvalue weighted by Gasteiger charge is 2.40. The van der Waals surface area contributed by atoms with E-state index in [1.807, 2.05) is 0 Å². The summed E-state index contributed by atoms with van der Waals surface area (Å²) in [5.74, 6) is -2.26. The quantitative estimate of drug-likeness (QED) is 0.714. The van der Waals surface area contributed by atoms with E-state index in [-0.39, 0.29) is 0 Å². The summed E-state index contributed by atoms with van der Waals surface area (Å²) in [4.78, 5) is 10.4. The van der Waals surface area contributed by atoms with Crippen LogP contribution in [0.15, 0.2) is 0 Å². The number of amides is 1. The number of carbonyl (C=O) groups is 1. The SMILES string of the molecule is CC(N)[C@H](CC(F)F)NC(=O)C(F)(F)F. The lowest BCUT2D eigenvalue weighted by Gasteiger charge is -2.22. The van der Waals surface area contributed by atoms with Crippen molar-refractivity contribution in [2.24, 2.45) is 5.73 Å². The molecule has 2 atom stereocenters. The Morgan fingerprint density at radius 2 is 1.87 bits per heavy atom. The Balaban J connectivity index is 4.36. The lowest BCUT2D eigenvalue weighted by Crippen LogP contribution is -2.51. The first-order chi connectivity index (χ1) is 6.64. The Hall–Kier alpha value is -0.920. The van der Waals surface area contributed by atoms with E-state index in [0.717, 1.165) is 0 Å². The summed E-state index contributed by atoms with van der Waals surface area (Å²) in [7, 11) is 0. The van der Waals surface area contributed by atoms with Gasteiger partial charge in [0.2, 0.25) is 6.43 Å². The lowest BCUT2D eigenvalue weighted by atomic mass is 10.1. The number of carbonyl (C=O) groups excluding carboxylic acids is 1. The molecule has 0 aliphatic carbocycles. The molecule has 3 nitrogen and oxygen atoms in total. The van der Waals surface area contributed by atoms with Crippen molar-refractivity contribution >= 4 is 5.91 Å². The summed E-state index contributed by atoms with van der Waals surface area (Å²) in [6, 6.07) is -2.37. The maximum Gasteiger partial charge on any atom is 0.471 e. The predicted molar refractivity (Wildman–Crippen MR) is 42.3 cm³/mol. The molecule has 0 aromatic heterocycles. The maximum atomic E-state index is 11.9. The molecule has 0 saturated heterocycles. The molecular weight excluding hydrogens is 223 g/mol. The smallest absolute Gasteiger partial charge is 0.344 e. The number of halogens is 5. The van der Waals surface area contributed by atoms with E-state index in [9.17, 15) is 26.7 Å². The molecule has 0 bridgehead atoms. The molecule has 3 N–H and O–H groups in total. The number of hydrogen-bond acceptors (Lipinski definition) is 2. The second-order valence-electron chi connectivity index (χ2n) is 3.06. The molecule has 1 amide bonds. The Labute approximate surface area is 82.8 Å². The number of hydrogen-bond donors (Lipinski definition) is 2. The van der Waals surface area contributed by atoms with Gasteiger partial charge in [-0.25, -0.2) is 8.78 Å². The summed E-state index contributed by atoms with van der Waals surface area (Å²) in [5, 5.41) is 1.42. The van der Waals surface area contributed by atoms with E-state index in [2.05, 4.69) is 0 Å². The molecule has 0 saturated carbocycles. The van der Waals surface area contributed by atoms with Gasteiger partial charge < -0.3 is 11.1 Å². The van der Waals surface area contributed by atoms with Gasteiger partial charge in [-0.05, 0) is 6.92 Å². The zero-order valence-corrected chi connectivity index (χ0v) is 7.81. The molecule has 0 aromatic rings. The minimum atomic E-state index is -5.09. The molecule has 15 heavy (non-hydrogen) atoms. The Morgan fingerprint density at radius 3 is 2.13 bits per heavy atom. The molecule has 90 valence electrons. The van der Waals surface area contributed by atoms with Crippen molar-refractivity contribution in [3.63, 3.8) is 0 Å². The highest BCUT2D eigenvalue weighted by molar-refractivity contribution is 5.82. The first kappa shape index (κ1) is 14.1. The maximum absolute atomic E-state index is 11.9. The van der Waals surface area contributed by atoms with Gasteiger partial charge in [-0.1, -0.05) is 0 Å². The normalized spacial score (nSPS) is 16.3. The second kappa shape index (κ2) is 5.24. The molecular formula is C7H11F5N2O. The van der Waals surface area contributed by atoms with Gasteiger partial charge in [0.15, 0.2) is 0 Å². The number of nitrogens with one attached hydrogen (secondary N) is 1. The molecule has 0 fully saturated rings. The Kier molecular flexibility index (Phi) is 4.92. The Morgan fingerprint density at radius 1 is 1.40 bits per heavy atom. The van der Waals surface area contributed by atoms with Crippen molar-refractivity contribution in [1.29, 1.82) is 0 Å². The van der Waals surface area contributed by atoms with Crippen LogP contribution in [-0.4, -0.2) is 30.6 Å². The van der Waals surface area contributed by atoms with Crippen molar-refractivity contribution in [2.75, 3.05) is 0 Å². The summed E-state index contributed by atoms with van der Waals surface area (Å²) in [5.41, 5.74) is 5.16. The average Bonchev–Trinajstić information content (AvgIpc) is 1.99. The molecule has 0 radical (unpaired) electrons. The fraction of sp³-hybridized carbons (Fsp3) is 0.857. The molecule has 1 unspecified atom stereocenters. The van der Waals surface area contributed by atoms with E-state index < -0.39 is 37.0 Å². The third-order valence-electron chi connectivity index (χ3n) is 1.64. The van der Waals surface area contributed by atoms with Gasteiger partial charge in [0.05, 0.1) is 0 Å². The highest BCUT2D eigenvalue weighted by atomic mass is 19.4. The van der Waals surface area contributed by atoms with Crippen molar-refractivity contribution < 1.29 is 26.7 Å². The zero-order valence-electron chi connectivity index (χ0n) is 7.81. The van der Waals surface area contributed by atoms with E-state index in [1.165, 1.54) is 12.2 Å². The number of alkyl halides is 5. The summed E-state index contributed by atoms with van der Waals surface area (Å²) in [6.45, 7) is 1.24. The summed E-state index contributed by atoms with van der Waals surface area (Å²) >= 11 is 0. The van der Waals surface area contributed by atoms with Gasteiger partial charge in [0.25, 0.3) is 0 Å². The van der Waals surface area contributed by atoms with Crippen LogP contribution in [0.3, 0.4) is 0 Å². The van der Waals surface area contributed by atoms with E-state index in [1.54, 1.807) is 0 Å². The van der Waals surface area contributed by atoms with Gasteiger partial charge in [-0.15, -0.1) is 0 Å². The predicted octanol–water partition coefficient (Wildman–Crippen LogP) is 1.04. The van der Waals surface area contributed by atoms with Crippen molar-refractivity contribution in [3.8, 4) is 0 Å². The van der Waals surface area contributed by atoms with E-state index >= 15 is 0 Å². The average molecular weight is 234 g/mol. The standard InChI is InChI=1S/C7H11F5N2O/c1-3(13)4(2-5(8)9)14-6(15)7(10,11)12/h3-5H,2,13H2,1H3,(H,14,15)/t3?,4-/m0/s1. The minimum Gasteiger partial charge on any atom is -0.344 e. The zero-order chi connectivity index (χ0) is 12.2. The van der Waals surface area contributed by atoms with Crippen LogP contribution in [0.5, 0.6) is 0 Å². The topological polar surface area (TPSA) is 55.1 Å². The molecule has 0 heterocycles. The van der Waals surface area contributed by atoms with Crippen LogP contribution in [0.1, 0.15) is 13.3 Å². The third-order valence-corrected chi connectivity index (χ3v) is 1.64. The van der Waals surface area contributed by atoms with Gasteiger partial charge in [-0.3, -0.25) is 4.79 Å². The molecule has 0 rings (SSSR count). The largest absolute Gasteiger partial charge is 0.471 e. The lowest BCUT2D eigenvalue weighted by molar-refractivity contribution is -0.174. The highest BCUT2D eigenvalue weighted by Crippen LogP contribution is 2.16. The fourth-order valence-corrected chi connectivity index (χ4v) is 0.847. The van der Waals surface area contributed by atoms with Gasteiger partial charge >= 0.3 is 12.1 Å². The molecule has 0 spiro atoms. The molecule has 0 aliphatic heterocycles. The summed E-state index contributed by atoms with van der Waals surface area (Å²) in [6.07, 6.45) is -8.82. The van der Waals surface area contributed by atoms with Crippen LogP contribution in [0.2, 0.25) is 0 Å². The van der Waals surface area contributed by atoms with E-state index in [4.69, 9.17) is 5.73 Å². The molecule has 8 heteroatoms. The van der Waals surface area contributed by atoms with Crippen LogP contribution in [0.25, 0.3) is 0 Å². The van der Waals surface area contributed by atoms with Crippen LogP contribution >= 0.6 is 0 Å². The summed E-state index contributed by atoms with van der Waals surface area (Å²) < 4.78 is 59.1. The first-order valence-electron chi connectivity index (χ1n) is 4.06. The fourth-order valence-electron chi connectivity index (χ4n) is 0.847. The van der Waals surface area contributed by atoms with Crippen LogP contribution in [0.4, 0.5) is 22.0 Å². The van der Waals surface area contributed by atoms with Crippen LogP contribution in [0, 0.1) is 0 Å². The monoisotopic (exact) mass is 234 g/mol. The Bertz CT molecular complexity index is 216. The van der Waals surface area contributed by atoms with Gasteiger partial charge in [0.1, 0.15) is 0 Å². The van der Waals surface area contributed by atoms with Crippen molar-refractivity contribution in [3.05, 3.63) is 0 Å². The van der Waals surface area contributed by atoms with Gasteiger partial charge in [0, 0.05) is 18.5 Å². The van der Waals surface area contributed by atoms with Crippen LogP contribution < -0.4 is 11.1 Å². The van der Waals surface area contributed by atoms with Crippen LogP contribution in [-0.2, 0) is 4.79 Å². The van der Waals surface area contributed by atoms with Gasteiger partial charge in [-0.2, -0.15) is 13.2 Å². The first-order valence-corrected chi connectivity index (χ1v) is 4.06. The van der Waals surface area contributed by atoms with Crippen molar-refractivity contribution in [1.82, 2.24) is 5.32 Å². The number of rotatable bonds is 4. The molecule has 0 aliphatic rings. The molecule has 0 aromatic carbocycles. The number of nitrogens with two attached hydrogens (primary N) is 1. The minimum absolute atomic E-state index is 0.903.